The summed E-state index contributed by atoms with van der Waals surface area (Å²) in [7, 11) is 0. The monoisotopic (exact) mass is 253 g/mol. The minimum absolute atomic E-state index is 0.721. The van der Waals surface area contributed by atoms with Crippen LogP contribution in [0.4, 0.5) is 5.69 Å². The van der Waals surface area contributed by atoms with Crippen molar-refractivity contribution in [2.75, 3.05) is 5.73 Å². The van der Waals surface area contributed by atoms with Gasteiger partial charge in [-0.25, -0.2) is 0 Å². The molecule has 2 aromatic rings. The molecule has 0 bridgehead atoms. The van der Waals surface area contributed by atoms with Crippen molar-refractivity contribution in [2.24, 2.45) is 0 Å². The molecule has 0 saturated carbocycles. The van der Waals surface area contributed by atoms with Crippen LogP contribution in [0.3, 0.4) is 0 Å². The summed E-state index contributed by atoms with van der Waals surface area (Å²) in [4.78, 5) is 0. The zero-order valence-corrected chi connectivity index (χ0v) is 9.06. The summed E-state index contributed by atoms with van der Waals surface area (Å²) in [5.74, 6) is 0. The second-order valence-corrected chi connectivity index (χ2v) is 3.77. The van der Waals surface area contributed by atoms with Gasteiger partial charge in [-0.1, -0.05) is 0 Å². The lowest BCUT2D eigenvalue weighted by atomic mass is 10.2. The second-order valence-electron chi connectivity index (χ2n) is 2.91. The lowest BCUT2D eigenvalue weighted by Crippen LogP contribution is -1.99. The second kappa shape index (κ2) is 3.38. The van der Waals surface area contributed by atoms with E-state index in [2.05, 4.69) is 31.5 Å². The molecule has 2 rings (SSSR count). The summed E-state index contributed by atoms with van der Waals surface area (Å²) in [6.45, 7) is 1.95. The number of halogens is 1. The van der Waals surface area contributed by atoms with E-state index in [0.29, 0.717) is 0 Å². The Morgan fingerprint density at radius 3 is 2.86 bits per heavy atom. The lowest BCUT2D eigenvalue weighted by molar-refractivity contribution is 0.787. The van der Waals surface area contributed by atoms with E-state index in [1.54, 1.807) is 4.68 Å². The van der Waals surface area contributed by atoms with Crippen molar-refractivity contribution in [3.63, 3.8) is 0 Å². The number of aromatic nitrogens is 4. The first-order valence-corrected chi connectivity index (χ1v) is 4.77. The molecule has 0 aliphatic carbocycles. The van der Waals surface area contributed by atoms with E-state index in [-0.39, 0.29) is 0 Å². The highest BCUT2D eigenvalue weighted by Gasteiger charge is 2.06. The SMILES string of the molecule is Cc1cc(Br)c(-n2cnnn2)cc1N. The van der Waals surface area contributed by atoms with Crippen LogP contribution in [0, 0.1) is 6.92 Å². The summed E-state index contributed by atoms with van der Waals surface area (Å²) in [6.07, 6.45) is 1.52. The summed E-state index contributed by atoms with van der Waals surface area (Å²) in [6, 6.07) is 3.77. The Labute approximate surface area is 89.0 Å². The minimum atomic E-state index is 0.721. The van der Waals surface area contributed by atoms with Crippen LogP contribution in [0.2, 0.25) is 0 Å². The molecule has 0 radical (unpaired) electrons. The number of anilines is 1. The van der Waals surface area contributed by atoms with Gasteiger partial charge in [-0.05, 0) is 51.0 Å². The van der Waals surface area contributed by atoms with Gasteiger partial charge in [0.25, 0.3) is 0 Å². The average molecular weight is 254 g/mol. The number of aryl methyl sites for hydroxylation is 1. The molecule has 0 aliphatic heterocycles. The standard InChI is InChI=1S/C8H8BrN5/c1-5-2-6(9)8(3-7(5)10)14-4-11-12-13-14/h2-4H,10H2,1H3. The third-order valence-corrected chi connectivity index (χ3v) is 2.57. The summed E-state index contributed by atoms with van der Waals surface area (Å²) >= 11 is 3.43. The van der Waals surface area contributed by atoms with Crippen LogP contribution < -0.4 is 5.73 Å². The fourth-order valence-corrected chi connectivity index (χ4v) is 1.76. The van der Waals surface area contributed by atoms with Crippen LogP contribution in [-0.2, 0) is 0 Å². The number of tetrazole rings is 1. The molecule has 14 heavy (non-hydrogen) atoms. The molecule has 0 fully saturated rings. The van der Waals surface area contributed by atoms with Gasteiger partial charge in [-0.3, -0.25) is 0 Å². The highest BCUT2D eigenvalue weighted by Crippen LogP contribution is 2.25. The molecule has 0 amide bonds. The van der Waals surface area contributed by atoms with E-state index in [1.165, 1.54) is 6.33 Å². The molecule has 1 aromatic carbocycles. The third kappa shape index (κ3) is 1.48. The number of hydrogen-bond donors (Lipinski definition) is 1. The Bertz CT molecular complexity index is 451. The van der Waals surface area contributed by atoms with Crippen molar-refractivity contribution in [2.45, 2.75) is 6.92 Å². The number of nitrogen functional groups attached to an aromatic ring is 1. The van der Waals surface area contributed by atoms with Gasteiger partial charge in [0, 0.05) is 10.2 Å². The van der Waals surface area contributed by atoms with Crippen molar-refractivity contribution < 1.29 is 0 Å². The van der Waals surface area contributed by atoms with Crippen LogP contribution in [0.25, 0.3) is 5.69 Å². The van der Waals surface area contributed by atoms with E-state index >= 15 is 0 Å². The van der Waals surface area contributed by atoms with Crippen LogP contribution in [-0.4, -0.2) is 20.2 Å². The molecule has 1 heterocycles. The molecule has 5 nitrogen and oxygen atoms in total. The Morgan fingerprint density at radius 2 is 2.21 bits per heavy atom. The van der Waals surface area contributed by atoms with Gasteiger partial charge in [0.15, 0.2) is 0 Å². The maximum Gasteiger partial charge on any atom is 0.143 e. The predicted molar refractivity (Wildman–Crippen MR) is 56.0 cm³/mol. The highest BCUT2D eigenvalue weighted by molar-refractivity contribution is 9.10. The molecule has 1 aromatic heterocycles. The van der Waals surface area contributed by atoms with E-state index in [1.807, 2.05) is 19.1 Å². The summed E-state index contributed by atoms with van der Waals surface area (Å²) in [5, 5.41) is 10.9. The molecule has 0 spiro atoms. The number of rotatable bonds is 1. The molecular formula is C8H8BrN5. The smallest absolute Gasteiger partial charge is 0.143 e. The third-order valence-electron chi connectivity index (χ3n) is 1.93. The van der Waals surface area contributed by atoms with Crippen LogP contribution in [0.1, 0.15) is 5.56 Å². The van der Waals surface area contributed by atoms with E-state index < -0.39 is 0 Å². The van der Waals surface area contributed by atoms with Crippen molar-refractivity contribution in [3.05, 3.63) is 28.5 Å². The highest BCUT2D eigenvalue weighted by atomic mass is 79.9. The largest absolute Gasteiger partial charge is 0.398 e. The Hall–Kier alpha value is -1.43. The molecule has 0 aliphatic rings. The first kappa shape index (κ1) is 9.14. The zero-order chi connectivity index (χ0) is 10.1. The maximum absolute atomic E-state index is 5.79. The predicted octanol–water partition coefficient (Wildman–Crippen LogP) is 1.32. The molecule has 0 saturated heterocycles. The topological polar surface area (TPSA) is 69.6 Å². The van der Waals surface area contributed by atoms with Crippen molar-refractivity contribution in [1.82, 2.24) is 20.2 Å². The molecule has 0 unspecified atom stereocenters. The molecule has 72 valence electrons. The minimum Gasteiger partial charge on any atom is -0.398 e. The maximum atomic E-state index is 5.79. The van der Waals surface area contributed by atoms with Gasteiger partial charge < -0.3 is 5.73 Å². The van der Waals surface area contributed by atoms with Gasteiger partial charge in [0.1, 0.15) is 6.33 Å². The van der Waals surface area contributed by atoms with Gasteiger partial charge in [0.05, 0.1) is 5.69 Å². The van der Waals surface area contributed by atoms with Crippen LogP contribution >= 0.6 is 15.9 Å². The first-order chi connectivity index (χ1) is 6.68. The number of nitrogens with two attached hydrogens (primary N) is 1. The Balaban J connectivity index is 2.60. The van der Waals surface area contributed by atoms with Crippen molar-refractivity contribution >= 4 is 21.6 Å². The lowest BCUT2D eigenvalue weighted by Gasteiger charge is -2.06. The normalized spacial score (nSPS) is 10.4. The van der Waals surface area contributed by atoms with E-state index in [0.717, 1.165) is 21.4 Å². The van der Waals surface area contributed by atoms with Gasteiger partial charge in [-0.2, -0.15) is 4.68 Å². The van der Waals surface area contributed by atoms with Gasteiger partial charge in [-0.15, -0.1) is 5.10 Å². The fourth-order valence-electron chi connectivity index (χ4n) is 1.12. The Kier molecular flexibility index (Phi) is 2.20. The van der Waals surface area contributed by atoms with Gasteiger partial charge in [0.2, 0.25) is 0 Å². The zero-order valence-electron chi connectivity index (χ0n) is 7.48. The molecular weight excluding hydrogens is 246 g/mol. The van der Waals surface area contributed by atoms with Crippen LogP contribution in [0.15, 0.2) is 22.9 Å². The fraction of sp³-hybridized carbons (Fsp3) is 0.125. The van der Waals surface area contributed by atoms with Gasteiger partial charge >= 0.3 is 0 Å². The summed E-state index contributed by atoms with van der Waals surface area (Å²) < 4.78 is 2.47. The first-order valence-electron chi connectivity index (χ1n) is 3.97. The summed E-state index contributed by atoms with van der Waals surface area (Å²) in [5.41, 5.74) is 8.37. The van der Waals surface area contributed by atoms with Crippen molar-refractivity contribution in [3.8, 4) is 5.69 Å². The number of nitrogens with zero attached hydrogens (tertiary/aromatic N) is 4. The van der Waals surface area contributed by atoms with Crippen LogP contribution in [0.5, 0.6) is 0 Å². The van der Waals surface area contributed by atoms with E-state index in [4.69, 9.17) is 5.73 Å². The van der Waals surface area contributed by atoms with Crippen molar-refractivity contribution in [1.29, 1.82) is 0 Å². The Morgan fingerprint density at radius 1 is 1.43 bits per heavy atom. The number of hydrogen-bond acceptors (Lipinski definition) is 4. The average Bonchev–Trinajstić information content (AvgIpc) is 2.64. The van der Waals surface area contributed by atoms with E-state index in [9.17, 15) is 0 Å². The number of benzene rings is 1. The molecule has 6 heteroatoms. The molecule has 2 N–H and O–H groups in total. The molecule has 0 atom stereocenters. The quantitative estimate of drug-likeness (QED) is 0.779.